The average molecular weight is 340 g/mol. The monoisotopic (exact) mass is 339 g/mol. The molecule has 0 saturated carbocycles. The minimum atomic E-state index is -0.0499. The van der Waals surface area contributed by atoms with E-state index >= 15 is 0 Å². The lowest BCUT2D eigenvalue weighted by molar-refractivity contribution is -0.124. The van der Waals surface area contributed by atoms with Gasteiger partial charge in [-0.2, -0.15) is 0 Å². The molecule has 1 aromatic rings. The van der Waals surface area contributed by atoms with Gasteiger partial charge in [-0.3, -0.25) is 9.59 Å². The molecule has 0 aliphatic carbocycles. The van der Waals surface area contributed by atoms with Crippen molar-refractivity contribution < 1.29 is 9.59 Å². The molecule has 128 valence electrons. The summed E-state index contributed by atoms with van der Waals surface area (Å²) in [6, 6.07) is 8.05. The maximum Gasteiger partial charge on any atom is 0.227 e. The van der Waals surface area contributed by atoms with E-state index in [4.69, 9.17) is 0 Å². The van der Waals surface area contributed by atoms with Gasteiger partial charge in [-0.1, -0.05) is 25.1 Å². The normalized spacial score (nSPS) is 13.9. The van der Waals surface area contributed by atoms with E-state index in [0.29, 0.717) is 25.9 Å². The number of hydrogen-bond donors (Lipinski definition) is 2. The lowest BCUT2D eigenvalue weighted by Crippen LogP contribution is -2.35. The number of anilines is 1. The predicted octanol–water partition coefficient (Wildman–Crippen LogP) is 1.75. The lowest BCUT2D eigenvalue weighted by atomic mass is 10.1. The van der Waals surface area contributed by atoms with Crippen LogP contribution in [0.5, 0.6) is 0 Å². The molecule has 0 saturated heterocycles. The zero-order chi connectivity index (χ0) is 15.9. The molecule has 23 heavy (non-hydrogen) atoms. The standard InChI is InChI=1S/C17H25N3O2.ClH/c1-13(12-18-2)17(22)19-10-5-8-16(21)20-11-9-14-6-3-4-7-15(14)20;/h3-4,6-7,13,18H,5,8-12H2,1-2H3,(H,19,22);1H. The number of para-hydroxylation sites is 1. The molecule has 0 aromatic heterocycles. The second-order valence-corrected chi connectivity index (χ2v) is 5.78. The minimum absolute atomic E-state index is 0. The summed E-state index contributed by atoms with van der Waals surface area (Å²) >= 11 is 0. The first-order valence-electron chi connectivity index (χ1n) is 7.94. The minimum Gasteiger partial charge on any atom is -0.356 e. The second kappa shape index (κ2) is 9.53. The Morgan fingerprint density at radius 2 is 2.04 bits per heavy atom. The first kappa shape index (κ1) is 19.5. The number of carbonyl (C=O) groups is 2. The van der Waals surface area contributed by atoms with Crippen LogP contribution in [0.3, 0.4) is 0 Å². The van der Waals surface area contributed by atoms with Gasteiger partial charge < -0.3 is 15.5 Å². The molecule has 1 heterocycles. The quantitative estimate of drug-likeness (QED) is 0.744. The molecule has 2 N–H and O–H groups in total. The molecule has 2 amide bonds. The van der Waals surface area contributed by atoms with Gasteiger partial charge in [0, 0.05) is 37.7 Å². The van der Waals surface area contributed by atoms with E-state index in [9.17, 15) is 9.59 Å². The SMILES string of the molecule is CNCC(C)C(=O)NCCCC(=O)N1CCc2ccccc21.Cl. The molecule has 0 bridgehead atoms. The number of carbonyl (C=O) groups excluding carboxylic acids is 2. The third kappa shape index (κ3) is 5.22. The van der Waals surface area contributed by atoms with Gasteiger partial charge in [-0.05, 0) is 31.5 Å². The molecule has 0 fully saturated rings. The Balaban J connectivity index is 0.00000264. The van der Waals surface area contributed by atoms with Gasteiger partial charge in [0.05, 0.1) is 0 Å². The van der Waals surface area contributed by atoms with Crippen molar-refractivity contribution in [3.8, 4) is 0 Å². The zero-order valence-corrected chi connectivity index (χ0v) is 14.6. The van der Waals surface area contributed by atoms with Gasteiger partial charge in [0.2, 0.25) is 11.8 Å². The van der Waals surface area contributed by atoms with Crippen molar-refractivity contribution in [2.45, 2.75) is 26.2 Å². The van der Waals surface area contributed by atoms with Crippen LogP contribution >= 0.6 is 12.4 Å². The Morgan fingerprint density at radius 3 is 2.78 bits per heavy atom. The van der Waals surface area contributed by atoms with E-state index in [2.05, 4.69) is 16.7 Å². The first-order valence-corrected chi connectivity index (χ1v) is 7.94. The molecular formula is C17H26ClN3O2. The number of amides is 2. The van der Waals surface area contributed by atoms with Crippen molar-refractivity contribution in [2.75, 3.05) is 31.6 Å². The summed E-state index contributed by atoms with van der Waals surface area (Å²) < 4.78 is 0. The number of rotatable bonds is 7. The van der Waals surface area contributed by atoms with Crippen molar-refractivity contribution in [1.29, 1.82) is 0 Å². The lowest BCUT2D eigenvalue weighted by Gasteiger charge is -2.17. The van der Waals surface area contributed by atoms with E-state index in [1.807, 2.05) is 37.1 Å². The number of nitrogens with zero attached hydrogens (tertiary/aromatic N) is 1. The third-order valence-electron chi connectivity index (χ3n) is 4.01. The van der Waals surface area contributed by atoms with Gasteiger partial charge in [-0.15, -0.1) is 12.4 Å². The number of halogens is 1. The van der Waals surface area contributed by atoms with Crippen molar-refractivity contribution >= 4 is 29.9 Å². The fourth-order valence-corrected chi connectivity index (χ4v) is 2.76. The molecule has 0 spiro atoms. The number of fused-ring (bicyclic) bond motifs is 1. The van der Waals surface area contributed by atoms with Crippen LogP contribution in [-0.2, 0) is 16.0 Å². The maximum absolute atomic E-state index is 12.3. The topological polar surface area (TPSA) is 61.4 Å². The summed E-state index contributed by atoms with van der Waals surface area (Å²) in [7, 11) is 1.83. The number of benzene rings is 1. The van der Waals surface area contributed by atoms with Gasteiger partial charge in [0.25, 0.3) is 0 Å². The molecule has 1 atom stereocenters. The number of hydrogen-bond acceptors (Lipinski definition) is 3. The molecule has 5 nitrogen and oxygen atoms in total. The largest absolute Gasteiger partial charge is 0.356 e. The summed E-state index contributed by atoms with van der Waals surface area (Å²) in [6.45, 7) is 3.87. The Morgan fingerprint density at radius 1 is 1.30 bits per heavy atom. The van der Waals surface area contributed by atoms with Crippen molar-refractivity contribution in [3.05, 3.63) is 29.8 Å². The first-order chi connectivity index (χ1) is 10.6. The summed E-state index contributed by atoms with van der Waals surface area (Å²) in [4.78, 5) is 25.9. The Labute approximate surface area is 144 Å². The summed E-state index contributed by atoms with van der Waals surface area (Å²) in [5.74, 6) is 0.127. The second-order valence-electron chi connectivity index (χ2n) is 5.78. The fourth-order valence-electron chi connectivity index (χ4n) is 2.76. The molecule has 1 aliphatic heterocycles. The highest BCUT2D eigenvalue weighted by Crippen LogP contribution is 2.27. The fraction of sp³-hybridized carbons (Fsp3) is 0.529. The molecule has 2 rings (SSSR count). The Hall–Kier alpha value is -1.59. The highest BCUT2D eigenvalue weighted by atomic mass is 35.5. The Kier molecular flexibility index (Phi) is 8.06. The van der Waals surface area contributed by atoms with E-state index < -0.39 is 0 Å². The predicted molar refractivity (Wildman–Crippen MR) is 95.1 cm³/mol. The third-order valence-corrected chi connectivity index (χ3v) is 4.01. The zero-order valence-electron chi connectivity index (χ0n) is 13.8. The molecule has 0 radical (unpaired) electrons. The van der Waals surface area contributed by atoms with Crippen LogP contribution in [0.25, 0.3) is 0 Å². The van der Waals surface area contributed by atoms with E-state index in [-0.39, 0.29) is 30.1 Å². The summed E-state index contributed by atoms with van der Waals surface area (Å²) in [5, 5.41) is 5.86. The average Bonchev–Trinajstić information content (AvgIpc) is 2.95. The van der Waals surface area contributed by atoms with Crippen LogP contribution < -0.4 is 15.5 Å². The van der Waals surface area contributed by atoms with Crippen molar-refractivity contribution in [2.24, 2.45) is 5.92 Å². The summed E-state index contributed by atoms with van der Waals surface area (Å²) in [6.07, 6.45) is 2.07. The van der Waals surface area contributed by atoms with Crippen molar-refractivity contribution in [3.63, 3.8) is 0 Å². The van der Waals surface area contributed by atoms with Crippen LogP contribution in [0, 0.1) is 5.92 Å². The van der Waals surface area contributed by atoms with Gasteiger partial charge in [0.15, 0.2) is 0 Å². The van der Waals surface area contributed by atoms with E-state index in [1.54, 1.807) is 0 Å². The molecule has 1 aliphatic rings. The van der Waals surface area contributed by atoms with E-state index in [1.165, 1.54) is 5.56 Å². The van der Waals surface area contributed by atoms with Crippen LogP contribution in [0.1, 0.15) is 25.3 Å². The van der Waals surface area contributed by atoms with Crippen LogP contribution in [0.15, 0.2) is 24.3 Å². The highest BCUT2D eigenvalue weighted by molar-refractivity contribution is 5.95. The van der Waals surface area contributed by atoms with Crippen LogP contribution in [0.4, 0.5) is 5.69 Å². The molecule has 1 aromatic carbocycles. The Bertz CT molecular complexity index is 536. The summed E-state index contributed by atoms with van der Waals surface area (Å²) in [5.41, 5.74) is 2.28. The van der Waals surface area contributed by atoms with Gasteiger partial charge in [0.1, 0.15) is 0 Å². The number of nitrogens with one attached hydrogen (secondary N) is 2. The van der Waals surface area contributed by atoms with Crippen molar-refractivity contribution in [1.82, 2.24) is 10.6 Å². The van der Waals surface area contributed by atoms with Gasteiger partial charge >= 0.3 is 0 Å². The van der Waals surface area contributed by atoms with Gasteiger partial charge in [-0.25, -0.2) is 0 Å². The molecule has 1 unspecified atom stereocenters. The van der Waals surface area contributed by atoms with Crippen LogP contribution in [0.2, 0.25) is 0 Å². The smallest absolute Gasteiger partial charge is 0.227 e. The maximum atomic E-state index is 12.3. The van der Waals surface area contributed by atoms with Crippen LogP contribution in [-0.4, -0.2) is 38.5 Å². The van der Waals surface area contributed by atoms with E-state index in [0.717, 1.165) is 18.7 Å². The molecular weight excluding hydrogens is 314 g/mol. The highest BCUT2D eigenvalue weighted by Gasteiger charge is 2.23. The molecule has 6 heteroatoms.